The Morgan fingerprint density at radius 2 is 1.97 bits per heavy atom. The zero-order chi connectivity index (χ0) is 20.8. The maximum Gasteiger partial charge on any atom is 0.250 e. The summed E-state index contributed by atoms with van der Waals surface area (Å²) in [6.45, 7) is 4.17. The highest BCUT2D eigenvalue weighted by molar-refractivity contribution is 6.31. The Balaban J connectivity index is 1.71. The Morgan fingerprint density at radius 1 is 1.24 bits per heavy atom. The van der Waals surface area contributed by atoms with Gasteiger partial charge in [-0.25, -0.2) is 0 Å². The number of fused-ring (bicyclic) bond motifs is 2. The molecule has 6 nitrogen and oxygen atoms in total. The van der Waals surface area contributed by atoms with Crippen molar-refractivity contribution >= 4 is 34.8 Å². The van der Waals surface area contributed by atoms with Crippen molar-refractivity contribution in [3.63, 3.8) is 0 Å². The second-order valence-electron chi connectivity index (χ2n) is 7.95. The molecular formula is C22H24ClN3O3. The van der Waals surface area contributed by atoms with Crippen LogP contribution in [0.1, 0.15) is 25.8 Å². The lowest BCUT2D eigenvalue weighted by atomic mass is 9.79. The number of hydrogen-bond acceptors (Lipinski definition) is 4. The number of carbonyl (C=O) groups excluding carboxylic acids is 2. The normalized spacial score (nSPS) is 25.2. The van der Waals surface area contributed by atoms with E-state index in [9.17, 15) is 9.59 Å². The summed E-state index contributed by atoms with van der Waals surface area (Å²) in [5.74, 6) is -0.0133. The first-order valence-electron chi connectivity index (χ1n) is 9.69. The average Bonchev–Trinajstić information content (AvgIpc) is 3.23. The number of benzene rings is 2. The van der Waals surface area contributed by atoms with Crippen molar-refractivity contribution in [3.8, 4) is 5.75 Å². The number of methoxy groups -OCH3 is 1. The summed E-state index contributed by atoms with van der Waals surface area (Å²) in [7, 11) is 1.59. The molecule has 2 aromatic rings. The SMILES string of the molecule is COc1ccc(NC(=O)[C@H]2C[C@H](C(C)C)N[C@]23C(=O)Nc2ccc(Cl)cc23)cc1. The van der Waals surface area contributed by atoms with Gasteiger partial charge in [-0.15, -0.1) is 0 Å². The lowest BCUT2D eigenvalue weighted by Crippen LogP contribution is -2.52. The highest BCUT2D eigenvalue weighted by Gasteiger charge is 2.60. The third-order valence-corrected chi connectivity index (χ3v) is 6.15. The number of hydrogen-bond donors (Lipinski definition) is 3. The van der Waals surface area contributed by atoms with Crippen LogP contribution in [0.15, 0.2) is 42.5 Å². The summed E-state index contributed by atoms with van der Waals surface area (Å²) in [6.07, 6.45) is 0.555. The molecule has 2 aliphatic rings. The van der Waals surface area contributed by atoms with Crippen LogP contribution in [0.25, 0.3) is 0 Å². The number of carbonyl (C=O) groups is 2. The maximum atomic E-state index is 13.3. The maximum absolute atomic E-state index is 13.3. The molecule has 1 spiro atoms. The van der Waals surface area contributed by atoms with Gasteiger partial charge in [-0.05, 0) is 54.8 Å². The Bertz CT molecular complexity index is 960. The van der Waals surface area contributed by atoms with Gasteiger partial charge in [0.15, 0.2) is 0 Å². The molecule has 0 aliphatic carbocycles. The van der Waals surface area contributed by atoms with Crippen LogP contribution in [0, 0.1) is 11.8 Å². The van der Waals surface area contributed by atoms with E-state index in [4.69, 9.17) is 16.3 Å². The van der Waals surface area contributed by atoms with Crippen LogP contribution < -0.4 is 20.7 Å². The van der Waals surface area contributed by atoms with Crippen LogP contribution in [-0.4, -0.2) is 25.0 Å². The molecule has 152 valence electrons. The van der Waals surface area contributed by atoms with E-state index in [0.29, 0.717) is 28.6 Å². The van der Waals surface area contributed by atoms with Crippen molar-refractivity contribution < 1.29 is 14.3 Å². The van der Waals surface area contributed by atoms with Gasteiger partial charge in [0.25, 0.3) is 0 Å². The number of halogens is 1. The third kappa shape index (κ3) is 3.26. The highest BCUT2D eigenvalue weighted by atomic mass is 35.5. The van der Waals surface area contributed by atoms with E-state index >= 15 is 0 Å². The molecule has 4 rings (SSSR count). The second kappa shape index (κ2) is 7.35. The van der Waals surface area contributed by atoms with Crippen molar-refractivity contribution in [2.75, 3.05) is 17.7 Å². The molecule has 7 heteroatoms. The van der Waals surface area contributed by atoms with E-state index in [1.807, 2.05) is 0 Å². The number of ether oxygens (including phenoxy) is 1. The third-order valence-electron chi connectivity index (χ3n) is 5.92. The van der Waals surface area contributed by atoms with Crippen LogP contribution in [-0.2, 0) is 15.1 Å². The summed E-state index contributed by atoms with van der Waals surface area (Å²) in [4.78, 5) is 26.5. The van der Waals surface area contributed by atoms with Gasteiger partial charge < -0.3 is 15.4 Å². The van der Waals surface area contributed by atoms with Crippen LogP contribution >= 0.6 is 11.6 Å². The van der Waals surface area contributed by atoms with E-state index in [1.54, 1.807) is 49.6 Å². The molecule has 1 fully saturated rings. The highest BCUT2D eigenvalue weighted by Crippen LogP contribution is 2.48. The molecule has 0 radical (unpaired) electrons. The van der Waals surface area contributed by atoms with E-state index in [-0.39, 0.29) is 23.8 Å². The summed E-state index contributed by atoms with van der Waals surface area (Å²) in [5.41, 5.74) is 0.946. The molecular weight excluding hydrogens is 390 g/mol. The van der Waals surface area contributed by atoms with Crippen molar-refractivity contribution in [3.05, 3.63) is 53.1 Å². The zero-order valence-corrected chi connectivity index (χ0v) is 17.3. The Morgan fingerprint density at radius 3 is 2.62 bits per heavy atom. The molecule has 0 aromatic heterocycles. The second-order valence-corrected chi connectivity index (χ2v) is 8.39. The Hall–Kier alpha value is -2.57. The fourth-order valence-electron chi connectivity index (χ4n) is 4.31. The van der Waals surface area contributed by atoms with Gasteiger partial charge in [-0.2, -0.15) is 0 Å². The standard InChI is InChI=1S/C22H24ClN3O3/c1-12(2)19-11-17(20(27)24-14-5-7-15(29-3)8-6-14)22(26-19)16-10-13(23)4-9-18(16)25-21(22)28/h4-10,12,17,19,26H,11H2,1-3H3,(H,24,27)(H,25,28)/t17-,19-,22+/m1/s1. The summed E-state index contributed by atoms with van der Waals surface area (Å²) >= 11 is 6.24. The van der Waals surface area contributed by atoms with Crippen molar-refractivity contribution in [1.29, 1.82) is 0 Å². The number of nitrogens with one attached hydrogen (secondary N) is 3. The van der Waals surface area contributed by atoms with Gasteiger partial charge in [-0.1, -0.05) is 25.4 Å². The Kier molecular flexibility index (Phi) is 5.00. The molecule has 3 N–H and O–H groups in total. The molecule has 2 amide bonds. The van der Waals surface area contributed by atoms with Crippen LogP contribution in [0.4, 0.5) is 11.4 Å². The summed E-state index contributed by atoms with van der Waals surface area (Å²) < 4.78 is 5.17. The van der Waals surface area contributed by atoms with Gasteiger partial charge in [0.05, 0.1) is 13.0 Å². The summed E-state index contributed by atoms with van der Waals surface area (Å²) in [6, 6.07) is 12.5. The average molecular weight is 414 g/mol. The topological polar surface area (TPSA) is 79.5 Å². The van der Waals surface area contributed by atoms with Crippen molar-refractivity contribution in [2.45, 2.75) is 31.8 Å². The molecule has 2 aromatic carbocycles. The minimum absolute atomic E-state index is 0.0253. The first-order valence-corrected chi connectivity index (χ1v) is 10.1. The summed E-state index contributed by atoms with van der Waals surface area (Å²) in [5, 5.41) is 9.90. The lowest BCUT2D eigenvalue weighted by molar-refractivity contribution is -0.130. The van der Waals surface area contributed by atoms with Crippen LogP contribution in [0.2, 0.25) is 5.02 Å². The first kappa shape index (κ1) is 19.7. The van der Waals surface area contributed by atoms with E-state index in [2.05, 4.69) is 29.8 Å². The van der Waals surface area contributed by atoms with E-state index in [0.717, 1.165) is 5.56 Å². The smallest absolute Gasteiger partial charge is 0.250 e. The minimum Gasteiger partial charge on any atom is -0.497 e. The van der Waals surface area contributed by atoms with E-state index < -0.39 is 11.5 Å². The molecule has 1 saturated heterocycles. The molecule has 2 aliphatic heterocycles. The van der Waals surface area contributed by atoms with Crippen molar-refractivity contribution in [1.82, 2.24) is 5.32 Å². The van der Waals surface area contributed by atoms with Gasteiger partial charge >= 0.3 is 0 Å². The zero-order valence-electron chi connectivity index (χ0n) is 16.6. The fourth-order valence-corrected chi connectivity index (χ4v) is 4.49. The number of amides is 2. The quantitative estimate of drug-likeness (QED) is 0.712. The molecule has 2 heterocycles. The molecule has 0 unspecified atom stereocenters. The predicted octanol–water partition coefficient (Wildman–Crippen LogP) is 3.77. The molecule has 29 heavy (non-hydrogen) atoms. The van der Waals surface area contributed by atoms with Crippen molar-refractivity contribution in [2.24, 2.45) is 11.8 Å². The Labute approximate surface area is 175 Å². The molecule has 0 bridgehead atoms. The van der Waals surface area contributed by atoms with Gasteiger partial charge in [0, 0.05) is 28.0 Å². The molecule has 3 atom stereocenters. The van der Waals surface area contributed by atoms with Gasteiger partial charge in [0.1, 0.15) is 11.3 Å². The monoisotopic (exact) mass is 413 g/mol. The first-order chi connectivity index (χ1) is 13.8. The van der Waals surface area contributed by atoms with E-state index in [1.165, 1.54) is 0 Å². The lowest BCUT2D eigenvalue weighted by Gasteiger charge is -2.29. The fraction of sp³-hybridized carbons (Fsp3) is 0.364. The number of rotatable bonds is 4. The van der Waals surface area contributed by atoms with Crippen LogP contribution in [0.3, 0.4) is 0 Å². The van der Waals surface area contributed by atoms with Crippen LogP contribution in [0.5, 0.6) is 5.75 Å². The number of anilines is 2. The van der Waals surface area contributed by atoms with Gasteiger partial charge in [-0.3, -0.25) is 14.9 Å². The largest absolute Gasteiger partial charge is 0.497 e. The molecule has 0 saturated carbocycles. The van der Waals surface area contributed by atoms with Gasteiger partial charge in [0.2, 0.25) is 11.8 Å². The predicted molar refractivity (Wildman–Crippen MR) is 113 cm³/mol. The minimum atomic E-state index is -1.13.